The molecule has 11 nitrogen and oxygen atoms in total. The van der Waals surface area contributed by atoms with Crippen LogP contribution in [-0.2, 0) is 32.0 Å². The minimum absolute atomic E-state index is 0.188. The van der Waals surface area contributed by atoms with Gasteiger partial charge in [0.2, 0.25) is 23.6 Å². The number of primary amides is 1. The molecule has 5 atom stereocenters. The molecular weight excluding hydrogens is 644 g/mol. The molecule has 50 heavy (non-hydrogen) atoms. The fourth-order valence-corrected chi connectivity index (χ4v) is 7.26. The van der Waals surface area contributed by atoms with Crippen LogP contribution < -0.4 is 27.4 Å². The Morgan fingerprint density at radius 1 is 0.920 bits per heavy atom. The lowest BCUT2D eigenvalue weighted by Crippen LogP contribution is -2.57. The molecule has 13 heteroatoms. The number of rotatable bonds is 16. The molecule has 8 N–H and O–H groups in total. The summed E-state index contributed by atoms with van der Waals surface area (Å²) in [5.41, 5.74) is 15.1. The van der Waals surface area contributed by atoms with E-state index in [0.717, 1.165) is 43.5 Å². The molecule has 3 aromatic rings. The van der Waals surface area contributed by atoms with E-state index in [1.54, 1.807) is 0 Å². The van der Waals surface area contributed by atoms with Gasteiger partial charge in [0.25, 0.3) is 0 Å². The van der Waals surface area contributed by atoms with Crippen LogP contribution in [0.2, 0.25) is 0 Å². The fourth-order valence-electron chi connectivity index (χ4n) is 7.26. The van der Waals surface area contributed by atoms with Crippen molar-refractivity contribution in [3.8, 4) is 0 Å². The number of aromatic nitrogens is 1. The molecule has 0 aliphatic carbocycles. The number of carbonyl (C=O) groups excluding carboxylic acids is 4. The van der Waals surface area contributed by atoms with Crippen molar-refractivity contribution in [2.45, 2.75) is 95.3 Å². The summed E-state index contributed by atoms with van der Waals surface area (Å²) in [4.78, 5) is 59.2. The Hall–Kier alpha value is -4.36. The Bertz CT molecular complexity index is 1680. The van der Waals surface area contributed by atoms with Gasteiger partial charge >= 0.3 is 0 Å². The second-order valence-electron chi connectivity index (χ2n) is 13.6. The van der Waals surface area contributed by atoms with Gasteiger partial charge in [-0.2, -0.15) is 0 Å². The van der Waals surface area contributed by atoms with Crippen molar-refractivity contribution in [2.24, 2.45) is 17.4 Å². The van der Waals surface area contributed by atoms with Crippen LogP contribution >= 0.6 is 0 Å². The molecule has 0 bridgehead atoms. The zero-order valence-corrected chi connectivity index (χ0v) is 28.6. The van der Waals surface area contributed by atoms with E-state index in [1.165, 1.54) is 22.7 Å². The monoisotopic (exact) mass is 693 g/mol. The number of amides is 4. The standard InChI is InChI=1S/C37H49F2N7O4/c1-2-3-9-30(44-35(48)23-13-15-32-33-25(16-18-46(32)21-23)24-8-4-5-10-28(24)42-33)36(49)45-31(20-22-12-14-26(38)27(39)19-22)37(50)43-29(34(41)47)11-6-7-17-40/h4-5,8,10,12,14,19,23,29-32,42H,2-3,6-7,9,11,13,15-18,20-21,40H2,1H3,(H2,41,47)(H,43,50)(H,44,48)(H,45,49)/t23-,29-,30-,31-,32+/m0/s1. The lowest BCUT2D eigenvalue weighted by Gasteiger charge is -2.42. The highest BCUT2D eigenvalue weighted by Crippen LogP contribution is 2.40. The number of halogens is 2. The summed E-state index contributed by atoms with van der Waals surface area (Å²) in [5.74, 6) is -4.72. The minimum atomic E-state index is -1.26. The number of fused-ring (bicyclic) bond motifs is 5. The molecule has 2 aromatic carbocycles. The molecule has 0 saturated carbocycles. The number of nitrogens with one attached hydrogen (secondary N) is 4. The molecule has 5 rings (SSSR count). The first kappa shape index (κ1) is 36.9. The van der Waals surface area contributed by atoms with E-state index in [0.29, 0.717) is 45.2 Å². The lowest BCUT2D eigenvalue weighted by atomic mass is 9.85. The SMILES string of the molecule is CCCC[C@H](NC(=O)[C@H]1CC[C@@H]2c3[nH]c4ccccc4c3CCN2C1)C(=O)N[C@@H](Cc1ccc(F)c(F)c1)C(=O)N[C@@H](CCCCN)C(N)=O. The van der Waals surface area contributed by atoms with Crippen LogP contribution in [0.3, 0.4) is 0 Å². The van der Waals surface area contributed by atoms with Crippen molar-refractivity contribution in [3.63, 3.8) is 0 Å². The van der Waals surface area contributed by atoms with Crippen LogP contribution in [-0.4, -0.2) is 71.3 Å². The molecule has 1 aromatic heterocycles. The van der Waals surface area contributed by atoms with Crippen LogP contribution in [0, 0.1) is 17.6 Å². The van der Waals surface area contributed by atoms with Crippen LogP contribution in [0.4, 0.5) is 8.78 Å². The third-order valence-electron chi connectivity index (χ3n) is 10.0. The Morgan fingerprint density at radius 2 is 1.66 bits per heavy atom. The molecule has 4 amide bonds. The minimum Gasteiger partial charge on any atom is -0.368 e. The van der Waals surface area contributed by atoms with Crippen molar-refractivity contribution >= 4 is 34.5 Å². The van der Waals surface area contributed by atoms with Gasteiger partial charge in [-0.05, 0) is 80.8 Å². The number of para-hydroxylation sites is 1. The number of hydrogen-bond donors (Lipinski definition) is 6. The third-order valence-corrected chi connectivity index (χ3v) is 10.0. The molecule has 270 valence electrons. The van der Waals surface area contributed by atoms with Crippen molar-refractivity contribution in [2.75, 3.05) is 19.6 Å². The van der Waals surface area contributed by atoms with Gasteiger partial charge in [-0.15, -0.1) is 0 Å². The maximum atomic E-state index is 14.1. The second-order valence-corrected chi connectivity index (χ2v) is 13.6. The molecule has 0 spiro atoms. The van der Waals surface area contributed by atoms with Gasteiger partial charge in [-0.1, -0.05) is 44.0 Å². The number of aromatic amines is 1. The molecule has 3 heterocycles. The third kappa shape index (κ3) is 8.86. The molecule has 1 fully saturated rings. The Kier molecular flexibility index (Phi) is 12.6. The number of piperidine rings is 1. The summed E-state index contributed by atoms with van der Waals surface area (Å²) in [5, 5.41) is 9.55. The first-order valence-corrected chi connectivity index (χ1v) is 17.8. The molecule has 1 saturated heterocycles. The van der Waals surface area contributed by atoms with E-state index in [-0.39, 0.29) is 36.3 Å². The maximum absolute atomic E-state index is 14.1. The number of H-pyrrole nitrogens is 1. The average Bonchev–Trinajstić information content (AvgIpc) is 3.49. The number of benzene rings is 2. The normalized spacial score (nSPS) is 19.1. The Balaban J connectivity index is 1.27. The Morgan fingerprint density at radius 3 is 2.40 bits per heavy atom. The van der Waals surface area contributed by atoms with Gasteiger partial charge in [-0.3, -0.25) is 24.1 Å². The first-order chi connectivity index (χ1) is 24.1. The second kappa shape index (κ2) is 17.0. The highest BCUT2D eigenvalue weighted by Gasteiger charge is 2.38. The molecule has 2 aliphatic heterocycles. The number of nitrogens with zero attached hydrogens (tertiary/aromatic N) is 1. The average molecular weight is 694 g/mol. The smallest absolute Gasteiger partial charge is 0.243 e. The molecular formula is C37H49F2N7O4. The van der Waals surface area contributed by atoms with Crippen LogP contribution in [0.15, 0.2) is 42.5 Å². The first-order valence-electron chi connectivity index (χ1n) is 17.8. The van der Waals surface area contributed by atoms with Gasteiger partial charge in [0.15, 0.2) is 11.6 Å². The van der Waals surface area contributed by atoms with E-state index in [1.807, 2.05) is 13.0 Å². The summed E-state index contributed by atoms with van der Waals surface area (Å²) in [7, 11) is 0. The van der Waals surface area contributed by atoms with Gasteiger partial charge in [-0.25, -0.2) is 8.78 Å². The summed E-state index contributed by atoms with van der Waals surface area (Å²) in [6.45, 7) is 3.78. The van der Waals surface area contributed by atoms with Crippen LogP contribution in [0.25, 0.3) is 10.9 Å². The molecule has 2 aliphatic rings. The van der Waals surface area contributed by atoms with Gasteiger partial charge in [0.1, 0.15) is 18.1 Å². The van der Waals surface area contributed by atoms with Crippen LogP contribution in [0.1, 0.15) is 81.2 Å². The highest BCUT2D eigenvalue weighted by atomic mass is 19.2. The fraction of sp³-hybridized carbons (Fsp3) is 0.514. The van der Waals surface area contributed by atoms with E-state index in [4.69, 9.17) is 11.5 Å². The van der Waals surface area contributed by atoms with Gasteiger partial charge in [0, 0.05) is 36.1 Å². The van der Waals surface area contributed by atoms with Crippen LogP contribution in [0.5, 0.6) is 0 Å². The largest absolute Gasteiger partial charge is 0.368 e. The summed E-state index contributed by atoms with van der Waals surface area (Å²) < 4.78 is 27.8. The zero-order chi connectivity index (χ0) is 35.8. The van der Waals surface area contributed by atoms with Crippen molar-refractivity contribution in [3.05, 3.63) is 70.9 Å². The van der Waals surface area contributed by atoms with E-state index in [2.05, 4.69) is 44.0 Å². The van der Waals surface area contributed by atoms with E-state index < -0.39 is 47.5 Å². The van der Waals surface area contributed by atoms with Gasteiger partial charge < -0.3 is 32.4 Å². The van der Waals surface area contributed by atoms with Gasteiger partial charge in [0.05, 0.1) is 12.0 Å². The predicted molar refractivity (Wildman–Crippen MR) is 187 cm³/mol. The molecule has 0 radical (unpaired) electrons. The molecule has 0 unspecified atom stereocenters. The highest BCUT2D eigenvalue weighted by molar-refractivity contribution is 5.94. The van der Waals surface area contributed by atoms with Crippen molar-refractivity contribution in [1.29, 1.82) is 0 Å². The van der Waals surface area contributed by atoms with E-state index in [9.17, 15) is 28.0 Å². The predicted octanol–water partition coefficient (Wildman–Crippen LogP) is 3.26. The number of nitrogens with two attached hydrogens (primary N) is 2. The lowest BCUT2D eigenvalue weighted by molar-refractivity contribution is -0.135. The number of hydrogen-bond acceptors (Lipinski definition) is 6. The van der Waals surface area contributed by atoms with Crippen molar-refractivity contribution < 1.29 is 28.0 Å². The number of unbranched alkanes of at least 4 members (excludes halogenated alkanes) is 2. The quantitative estimate of drug-likeness (QED) is 0.126. The van der Waals surface area contributed by atoms with Crippen molar-refractivity contribution in [1.82, 2.24) is 25.8 Å². The Labute approximate surface area is 291 Å². The number of carbonyl (C=O) groups is 4. The summed E-state index contributed by atoms with van der Waals surface area (Å²) in [6, 6.07) is 8.52. The zero-order valence-electron chi connectivity index (χ0n) is 28.6. The summed E-state index contributed by atoms with van der Waals surface area (Å²) >= 11 is 0. The van der Waals surface area contributed by atoms with E-state index >= 15 is 0 Å². The maximum Gasteiger partial charge on any atom is 0.243 e. The summed E-state index contributed by atoms with van der Waals surface area (Å²) in [6.07, 6.45) is 5.32. The topological polar surface area (TPSA) is 175 Å².